The van der Waals surface area contributed by atoms with Gasteiger partial charge in [-0.25, -0.2) is 9.97 Å². The van der Waals surface area contributed by atoms with Crippen molar-refractivity contribution in [3.05, 3.63) is 47.3 Å². The van der Waals surface area contributed by atoms with Crippen LogP contribution in [0.25, 0.3) is 0 Å². The molecule has 2 rings (SSSR count). The Morgan fingerprint density at radius 2 is 2.11 bits per heavy atom. The fraction of sp³-hybridized carbons (Fsp3) is 0.154. The van der Waals surface area contributed by atoms with Gasteiger partial charge in [0.2, 0.25) is 0 Å². The molecule has 0 spiro atoms. The number of rotatable bonds is 3. The monoisotopic (exact) mass is 274 g/mol. The summed E-state index contributed by atoms with van der Waals surface area (Å²) in [7, 11) is 0. The first kappa shape index (κ1) is 13.4. The van der Waals surface area contributed by atoms with Crippen LogP contribution in [0.5, 0.6) is 0 Å². The van der Waals surface area contributed by atoms with Crippen LogP contribution in [0.3, 0.4) is 0 Å². The maximum atomic E-state index is 8.81. The highest BCUT2D eigenvalue weighted by atomic mass is 32.2. The normalized spacial score (nSPS) is 11.6. The lowest BCUT2D eigenvalue weighted by Gasteiger charge is -2.08. The fourth-order valence-corrected chi connectivity index (χ4v) is 2.58. The molecule has 0 unspecified atom stereocenters. The Morgan fingerprint density at radius 1 is 1.32 bits per heavy atom. The number of aryl methyl sites for hydroxylation is 2. The first-order chi connectivity index (χ1) is 9.10. The van der Waals surface area contributed by atoms with Gasteiger partial charge in [-0.05, 0) is 49.4 Å². The summed E-state index contributed by atoms with van der Waals surface area (Å²) in [6, 6.07) is 7.53. The molecule has 5 nitrogen and oxygen atoms in total. The van der Waals surface area contributed by atoms with E-state index in [1.54, 1.807) is 6.20 Å². The molecule has 0 fully saturated rings. The molecule has 0 aliphatic heterocycles. The van der Waals surface area contributed by atoms with Crippen molar-refractivity contribution in [2.75, 3.05) is 0 Å². The van der Waals surface area contributed by atoms with E-state index in [4.69, 9.17) is 10.9 Å². The predicted molar refractivity (Wildman–Crippen MR) is 74.6 cm³/mol. The maximum Gasteiger partial charge on any atom is 0.192 e. The standard InChI is InChI=1S/C13H14N4OS/c1-8-3-4-10(12(14)17-18)11(7-8)19-13-15-6-5-9(2)16-13/h3-7,18H,1-2H3,(H2,14,17). The Hall–Kier alpha value is -2.08. The molecule has 1 aromatic heterocycles. The summed E-state index contributed by atoms with van der Waals surface area (Å²) >= 11 is 1.39. The molecular weight excluding hydrogens is 260 g/mol. The number of aromatic nitrogens is 2. The number of hydrogen-bond donors (Lipinski definition) is 2. The Balaban J connectivity index is 2.41. The Kier molecular flexibility index (Phi) is 4.01. The van der Waals surface area contributed by atoms with Crippen molar-refractivity contribution in [2.45, 2.75) is 23.9 Å². The van der Waals surface area contributed by atoms with Crippen LogP contribution in [0.15, 0.2) is 45.7 Å². The van der Waals surface area contributed by atoms with Gasteiger partial charge in [0.1, 0.15) is 0 Å². The van der Waals surface area contributed by atoms with Crippen LogP contribution < -0.4 is 5.73 Å². The lowest BCUT2D eigenvalue weighted by atomic mass is 10.1. The summed E-state index contributed by atoms with van der Waals surface area (Å²) in [5, 5.41) is 12.5. The molecule has 0 aliphatic carbocycles. The molecule has 1 heterocycles. The number of amidine groups is 1. The number of nitrogens with two attached hydrogens (primary N) is 1. The highest BCUT2D eigenvalue weighted by Crippen LogP contribution is 2.28. The van der Waals surface area contributed by atoms with E-state index < -0.39 is 0 Å². The first-order valence-electron chi connectivity index (χ1n) is 5.66. The lowest BCUT2D eigenvalue weighted by molar-refractivity contribution is 0.318. The fourth-order valence-electron chi connectivity index (χ4n) is 1.55. The zero-order chi connectivity index (χ0) is 13.8. The van der Waals surface area contributed by atoms with Crippen LogP contribution in [-0.4, -0.2) is 21.0 Å². The zero-order valence-electron chi connectivity index (χ0n) is 10.7. The van der Waals surface area contributed by atoms with Gasteiger partial charge in [-0.3, -0.25) is 0 Å². The van der Waals surface area contributed by atoms with Crippen molar-refractivity contribution in [2.24, 2.45) is 10.9 Å². The molecule has 19 heavy (non-hydrogen) atoms. The van der Waals surface area contributed by atoms with E-state index in [-0.39, 0.29) is 5.84 Å². The average molecular weight is 274 g/mol. The summed E-state index contributed by atoms with van der Waals surface area (Å²) in [5.74, 6) is 0.0788. The van der Waals surface area contributed by atoms with Crippen LogP contribution in [-0.2, 0) is 0 Å². The molecule has 98 valence electrons. The third-order valence-electron chi connectivity index (χ3n) is 2.49. The summed E-state index contributed by atoms with van der Waals surface area (Å²) < 4.78 is 0. The Morgan fingerprint density at radius 3 is 2.79 bits per heavy atom. The van der Waals surface area contributed by atoms with E-state index in [2.05, 4.69) is 15.1 Å². The predicted octanol–water partition coefficient (Wildman–Crippen LogP) is 2.34. The van der Waals surface area contributed by atoms with Crippen LogP contribution in [0.4, 0.5) is 0 Å². The van der Waals surface area contributed by atoms with Crippen molar-refractivity contribution < 1.29 is 5.21 Å². The summed E-state index contributed by atoms with van der Waals surface area (Å²) in [5.41, 5.74) is 8.33. The third kappa shape index (κ3) is 3.23. The van der Waals surface area contributed by atoms with Crippen molar-refractivity contribution in [1.82, 2.24) is 9.97 Å². The van der Waals surface area contributed by atoms with E-state index in [0.717, 1.165) is 16.2 Å². The molecule has 0 aliphatic rings. The van der Waals surface area contributed by atoms with Crippen LogP contribution in [0, 0.1) is 13.8 Å². The second-order valence-electron chi connectivity index (χ2n) is 4.07. The van der Waals surface area contributed by atoms with E-state index in [0.29, 0.717) is 10.7 Å². The largest absolute Gasteiger partial charge is 0.409 e. The maximum absolute atomic E-state index is 8.81. The van der Waals surface area contributed by atoms with E-state index in [9.17, 15) is 0 Å². The van der Waals surface area contributed by atoms with Crippen molar-refractivity contribution in [3.8, 4) is 0 Å². The molecular formula is C13H14N4OS. The van der Waals surface area contributed by atoms with E-state index >= 15 is 0 Å². The summed E-state index contributed by atoms with van der Waals surface area (Å²) in [6.45, 7) is 3.89. The SMILES string of the molecule is Cc1ccc(C(N)=NO)c(Sc2nccc(C)n2)c1. The third-order valence-corrected chi connectivity index (χ3v) is 3.43. The van der Waals surface area contributed by atoms with Gasteiger partial charge in [-0.15, -0.1) is 0 Å². The van der Waals surface area contributed by atoms with Gasteiger partial charge >= 0.3 is 0 Å². The highest BCUT2D eigenvalue weighted by molar-refractivity contribution is 7.99. The van der Waals surface area contributed by atoms with Crippen LogP contribution >= 0.6 is 11.8 Å². The Bertz CT molecular complexity index is 628. The number of benzene rings is 1. The molecule has 0 atom stereocenters. The molecule has 3 N–H and O–H groups in total. The number of oxime groups is 1. The Labute approximate surface area is 115 Å². The average Bonchev–Trinajstić information content (AvgIpc) is 2.38. The van der Waals surface area contributed by atoms with E-state index in [1.807, 2.05) is 38.1 Å². The van der Waals surface area contributed by atoms with Crippen molar-refractivity contribution in [1.29, 1.82) is 0 Å². The van der Waals surface area contributed by atoms with Gasteiger partial charge in [0.15, 0.2) is 11.0 Å². The minimum absolute atomic E-state index is 0.0788. The number of hydrogen-bond acceptors (Lipinski definition) is 5. The van der Waals surface area contributed by atoms with E-state index in [1.165, 1.54) is 11.8 Å². The van der Waals surface area contributed by atoms with Crippen molar-refractivity contribution in [3.63, 3.8) is 0 Å². The highest BCUT2D eigenvalue weighted by Gasteiger charge is 2.10. The van der Waals surface area contributed by atoms with Gasteiger partial charge in [0.05, 0.1) is 0 Å². The van der Waals surface area contributed by atoms with Gasteiger partial charge in [-0.1, -0.05) is 11.2 Å². The second-order valence-corrected chi connectivity index (χ2v) is 5.08. The van der Waals surface area contributed by atoms with Crippen LogP contribution in [0.2, 0.25) is 0 Å². The van der Waals surface area contributed by atoms with Gasteiger partial charge in [-0.2, -0.15) is 0 Å². The zero-order valence-corrected chi connectivity index (χ0v) is 11.5. The molecule has 0 saturated carbocycles. The first-order valence-corrected chi connectivity index (χ1v) is 6.48. The molecule has 0 amide bonds. The second kappa shape index (κ2) is 5.71. The van der Waals surface area contributed by atoms with Crippen molar-refractivity contribution >= 4 is 17.6 Å². The summed E-state index contributed by atoms with van der Waals surface area (Å²) in [6.07, 6.45) is 1.71. The summed E-state index contributed by atoms with van der Waals surface area (Å²) in [4.78, 5) is 9.39. The minimum atomic E-state index is 0.0788. The quantitative estimate of drug-likeness (QED) is 0.295. The topological polar surface area (TPSA) is 84.4 Å². The molecule has 0 bridgehead atoms. The number of nitrogens with zero attached hydrogens (tertiary/aromatic N) is 3. The van der Waals surface area contributed by atoms with Gasteiger partial charge in [0.25, 0.3) is 0 Å². The molecule has 6 heteroatoms. The van der Waals surface area contributed by atoms with Gasteiger partial charge in [0, 0.05) is 22.3 Å². The van der Waals surface area contributed by atoms with Gasteiger partial charge < -0.3 is 10.9 Å². The molecule has 0 radical (unpaired) electrons. The van der Waals surface area contributed by atoms with Crippen LogP contribution in [0.1, 0.15) is 16.8 Å². The molecule has 1 aromatic carbocycles. The smallest absolute Gasteiger partial charge is 0.192 e. The molecule has 0 saturated heterocycles. The molecule has 2 aromatic rings. The minimum Gasteiger partial charge on any atom is -0.409 e. The lowest BCUT2D eigenvalue weighted by Crippen LogP contribution is -2.14.